The molecular formula is C22H23ClN4O5S. The predicted octanol–water partition coefficient (Wildman–Crippen LogP) is 2.03. The number of carbonyl (C=O) groups is 4. The number of hydrogen-bond acceptors (Lipinski definition) is 6. The van der Waals surface area contributed by atoms with E-state index in [4.69, 9.17) is 16.3 Å². The summed E-state index contributed by atoms with van der Waals surface area (Å²) in [5.41, 5.74) is 1.22. The van der Waals surface area contributed by atoms with Gasteiger partial charge in [0.1, 0.15) is 12.6 Å². The van der Waals surface area contributed by atoms with Gasteiger partial charge in [-0.05, 0) is 49.2 Å². The molecule has 2 heterocycles. The van der Waals surface area contributed by atoms with Gasteiger partial charge in [0.05, 0.1) is 15.8 Å². The minimum absolute atomic E-state index is 0.0459. The van der Waals surface area contributed by atoms with Crippen LogP contribution in [0, 0.1) is 5.92 Å². The maximum Gasteiger partial charge on any atom is 0.261 e. The van der Waals surface area contributed by atoms with Crippen LogP contribution in [0.3, 0.4) is 0 Å². The quantitative estimate of drug-likeness (QED) is 0.523. The average molecular weight is 491 g/mol. The molecule has 1 aliphatic carbocycles. The number of nitrogens with one attached hydrogen (secondary N) is 3. The number of benzene rings is 1. The van der Waals surface area contributed by atoms with Gasteiger partial charge in [-0.3, -0.25) is 19.2 Å². The van der Waals surface area contributed by atoms with Crippen LogP contribution in [-0.4, -0.2) is 56.0 Å². The van der Waals surface area contributed by atoms with Crippen LogP contribution < -0.4 is 20.9 Å². The molecule has 3 N–H and O–H groups in total. The second kappa shape index (κ2) is 10.3. The molecule has 2 aliphatic rings. The number of rotatable bonds is 8. The Morgan fingerprint density at radius 2 is 1.91 bits per heavy atom. The van der Waals surface area contributed by atoms with Crippen molar-refractivity contribution in [2.45, 2.75) is 18.9 Å². The Bertz CT molecular complexity index is 1050. The standard InChI is InChI=1S/C22H23ClN4O5S/c23-18-8-7-17(33-18)22(31)24-11-16(26-20(29)13-1-2-13)21(30)25-14-3-5-15(6-4-14)27-9-10-32-12-19(27)28/h3-8,13,16H,1-2,9-12H2,(H,24,31)(H,25,30)(H,26,29)/t16-/m0/s1. The van der Waals surface area contributed by atoms with Crippen molar-refractivity contribution in [3.05, 3.63) is 45.6 Å². The van der Waals surface area contributed by atoms with Crippen LogP contribution in [-0.2, 0) is 19.1 Å². The Kier molecular flexibility index (Phi) is 7.26. The summed E-state index contributed by atoms with van der Waals surface area (Å²) in [6, 6.07) is 9.11. The lowest BCUT2D eigenvalue weighted by Gasteiger charge is -2.27. The van der Waals surface area contributed by atoms with Crippen LogP contribution in [0.15, 0.2) is 36.4 Å². The summed E-state index contributed by atoms with van der Waals surface area (Å²) in [5.74, 6) is -1.24. The molecule has 174 valence electrons. The third kappa shape index (κ3) is 6.10. The van der Waals surface area contributed by atoms with E-state index in [0.717, 1.165) is 24.2 Å². The first-order valence-electron chi connectivity index (χ1n) is 10.5. The lowest BCUT2D eigenvalue weighted by Crippen LogP contribution is -2.51. The highest BCUT2D eigenvalue weighted by atomic mass is 35.5. The lowest BCUT2D eigenvalue weighted by atomic mass is 10.2. The molecule has 1 saturated carbocycles. The number of carbonyl (C=O) groups excluding carboxylic acids is 4. The maximum atomic E-state index is 12.9. The first-order chi connectivity index (χ1) is 15.9. The fraction of sp³-hybridized carbons (Fsp3) is 0.364. The van der Waals surface area contributed by atoms with Gasteiger partial charge in [-0.2, -0.15) is 0 Å². The molecule has 1 aliphatic heterocycles. The minimum Gasteiger partial charge on any atom is -0.370 e. The maximum absolute atomic E-state index is 12.9. The van der Waals surface area contributed by atoms with Gasteiger partial charge in [0, 0.05) is 30.4 Å². The van der Waals surface area contributed by atoms with Crippen molar-refractivity contribution < 1.29 is 23.9 Å². The number of amides is 4. The van der Waals surface area contributed by atoms with Gasteiger partial charge in [0.2, 0.25) is 11.8 Å². The number of nitrogens with zero attached hydrogens (tertiary/aromatic N) is 1. The van der Waals surface area contributed by atoms with Gasteiger partial charge < -0.3 is 25.6 Å². The molecule has 4 amide bonds. The van der Waals surface area contributed by atoms with Gasteiger partial charge in [-0.1, -0.05) is 11.6 Å². The highest BCUT2D eigenvalue weighted by molar-refractivity contribution is 7.18. The van der Waals surface area contributed by atoms with Crippen LogP contribution in [0.5, 0.6) is 0 Å². The van der Waals surface area contributed by atoms with E-state index >= 15 is 0 Å². The molecule has 2 aromatic rings. The van der Waals surface area contributed by atoms with Crippen molar-refractivity contribution >= 4 is 57.9 Å². The van der Waals surface area contributed by atoms with Gasteiger partial charge in [-0.15, -0.1) is 11.3 Å². The molecule has 33 heavy (non-hydrogen) atoms. The van der Waals surface area contributed by atoms with Crippen molar-refractivity contribution in [2.75, 3.05) is 36.5 Å². The molecule has 0 unspecified atom stereocenters. The van der Waals surface area contributed by atoms with E-state index in [0.29, 0.717) is 33.7 Å². The van der Waals surface area contributed by atoms with E-state index < -0.39 is 11.9 Å². The zero-order valence-corrected chi connectivity index (χ0v) is 19.2. The molecule has 0 radical (unpaired) electrons. The summed E-state index contributed by atoms with van der Waals surface area (Å²) in [5, 5.41) is 8.17. The van der Waals surface area contributed by atoms with E-state index in [2.05, 4.69) is 16.0 Å². The molecule has 11 heteroatoms. The molecule has 1 aromatic carbocycles. The predicted molar refractivity (Wildman–Crippen MR) is 125 cm³/mol. The summed E-state index contributed by atoms with van der Waals surface area (Å²) < 4.78 is 5.62. The summed E-state index contributed by atoms with van der Waals surface area (Å²) >= 11 is 7.01. The number of hydrogen-bond donors (Lipinski definition) is 3. The molecular weight excluding hydrogens is 468 g/mol. The summed E-state index contributed by atoms with van der Waals surface area (Å²) in [7, 11) is 0. The smallest absolute Gasteiger partial charge is 0.261 e. The first kappa shape index (κ1) is 23.2. The van der Waals surface area contributed by atoms with Gasteiger partial charge in [0.15, 0.2) is 0 Å². The monoisotopic (exact) mass is 490 g/mol. The lowest BCUT2D eigenvalue weighted by molar-refractivity contribution is -0.127. The summed E-state index contributed by atoms with van der Waals surface area (Å²) in [6.45, 7) is 0.911. The Morgan fingerprint density at radius 1 is 1.15 bits per heavy atom. The largest absolute Gasteiger partial charge is 0.370 e. The number of ether oxygens (including phenoxy) is 1. The third-order valence-corrected chi connectivity index (χ3v) is 6.51. The Balaban J connectivity index is 1.39. The van der Waals surface area contributed by atoms with Crippen LogP contribution in [0.4, 0.5) is 11.4 Å². The second-order valence-corrected chi connectivity index (χ2v) is 9.50. The first-order valence-corrected chi connectivity index (χ1v) is 11.7. The summed E-state index contributed by atoms with van der Waals surface area (Å²) in [6.07, 6.45) is 1.59. The van der Waals surface area contributed by atoms with Crippen molar-refractivity contribution in [1.82, 2.24) is 10.6 Å². The number of morpholine rings is 1. The van der Waals surface area contributed by atoms with E-state index in [1.54, 1.807) is 41.3 Å². The Labute approximate surface area is 199 Å². The number of anilines is 2. The van der Waals surface area contributed by atoms with E-state index in [1.807, 2.05) is 0 Å². The number of halogens is 1. The molecule has 2 fully saturated rings. The van der Waals surface area contributed by atoms with Crippen LogP contribution in [0.2, 0.25) is 4.34 Å². The van der Waals surface area contributed by atoms with Crippen LogP contribution in [0.1, 0.15) is 22.5 Å². The average Bonchev–Trinajstić information content (AvgIpc) is 3.57. The molecule has 1 aromatic heterocycles. The van der Waals surface area contributed by atoms with Crippen molar-refractivity contribution in [2.24, 2.45) is 5.92 Å². The van der Waals surface area contributed by atoms with Crippen LogP contribution >= 0.6 is 22.9 Å². The Morgan fingerprint density at radius 3 is 2.55 bits per heavy atom. The van der Waals surface area contributed by atoms with Crippen molar-refractivity contribution in [3.8, 4) is 0 Å². The second-order valence-electron chi connectivity index (χ2n) is 7.78. The molecule has 1 atom stereocenters. The third-order valence-electron chi connectivity index (χ3n) is 5.28. The van der Waals surface area contributed by atoms with E-state index in [-0.39, 0.29) is 36.8 Å². The molecule has 9 nitrogen and oxygen atoms in total. The van der Waals surface area contributed by atoms with Crippen LogP contribution in [0.25, 0.3) is 0 Å². The molecule has 1 saturated heterocycles. The SMILES string of the molecule is O=C(NC[C@H](NC(=O)C1CC1)C(=O)Nc1ccc(N2CCOCC2=O)cc1)c1ccc(Cl)s1. The van der Waals surface area contributed by atoms with Gasteiger partial charge in [-0.25, -0.2) is 0 Å². The van der Waals surface area contributed by atoms with E-state index in [9.17, 15) is 19.2 Å². The normalized spacial score (nSPS) is 16.8. The number of thiophene rings is 1. The molecule has 0 bridgehead atoms. The zero-order chi connectivity index (χ0) is 23.4. The summed E-state index contributed by atoms with van der Waals surface area (Å²) in [4.78, 5) is 51.6. The highest BCUT2D eigenvalue weighted by Gasteiger charge is 2.33. The van der Waals surface area contributed by atoms with E-state index in [1.165, 1.54) is 0 Å². The molecule has 0 spiro atoms. The zero-order valence-electron chi connectivity index (χ0n) is 17.6. The van der Waals surface area contributed by atoms with Gasteiger partial charge in [0.25, 0.3) is 11.8 Å². The fourth-order valence-corrected chi connectivity index (χ4v) is 4.27. The minimum atomic E-state index is -0.946. The van der Waals surface area contributed by atoms with Crippen molar-refractivity contribution in [3.63, 3.8) is 0 Å². The van der Waals surface area contributed by atoms with Gasteiger partial charge >= 0.3 is 0 Å². The topological polar surface area (TPSA) is 117 Å². The van der Waals surface area contributed by atoms with Crippen molar-refractivity contribution in [1.29, 1.82) is 0 Å². The highest BCUT2D eigenvalue weighted by Crippen LogP contribution is 2.29. The fourth-order valence-electron chi connectivity index (χ4n) is 3.31. The Hall–Kier alpha value is -2.95. The molecule has 4 rings (SSSR count).